The Morgan fingerprint density at radius 1 is 1.17 bits per heavy atom. The summed E-state index contributed by atoms with van der Waals surface area (Å²) in [6.07, 6.45) is 4.23. The van der Waals surface area contributed by atoms with Gasteiger partial charge in [0.05, 0.1) is 11.2 Å². The van der Waals surface area contributed by atoms with E-state index < -0.39 is 18.3 Å². The molecule has 1 saturated heterocycles. The van der Waals surface area contributed by atoms with E-state index in [-0.39, 0.29) is 11.8 Å². The molecule has 1 aliphatic carbocycles. The van der Waals surface area contributed by atoms with E-state index in [1.165, 1.54) is 0 Å². The number of carbonyl (C=O) groups excluding carboxylic acids is 1. The zero-order valence-electron chi connectivity index (χ0n) is 14.8. The van der Waals surface area contributed by atoms with Gasteiger partial charge in [0.25, 0.3) is 0 Å². The van der Waals surface area contributed by atoms with Gasteiger partial charge in [0.15, 0.2) is 0 Å². The number of hydrogen-bond donors (Lipinski definition) is 1. The molecule has 0 aromatic heterocycles. The van der Waals surface area contributed by atoms with Crippen molar-refractivity contribution in [3.05, 3.63) is 23.2 Å². The summed E-state index contributed by atoms with van der Waals surface area (Å²) in [6, 6.07) is 5.50. The second kappa shape index (κ2) is 6.36. The standard InChI is InChI=1S/C18H25BClNO3/c1-17(2)18(3,4)24-19(23-17)14-10-9-13(11-15(14)20)21-16(22)12-7-5-6-8-12/h9-12H,5-8H2,1-4H3,(H,21,22). The van der Waals surface area contributed by atoms with Gasteiger partial charge in [-0.2, -0.15) is 0 Å². The molecular formula is C18H25BClNO3. The summed E-state index contributed by atoms with van der Waals surface area (Å²) >= 11 is 6.43. The minimum atomic E-state index is -0.498. The molecule has 1 aliphatic heterocycles. The molecule has 3 rings (SSSR count). The van der Waals surface area contributed by atoms with Crippen LogP contribution in [0.15, 0.2) is 18.2 Å². The van der Waals surface area contributed by atoms with Crippen molar-refractivity contribution < 1.29 is 14.1 Å². The molecule has 1 saturated carbocycles. The predicted molar refractivity (Wildman–Crippen MR) is 97.8 cm³/mol. The average Bonchev–Trinajstić information content (AvgIpc) is 3.06. The molecule has 6 heteroatoms. The number of amides is 1. The van der Waals surface area contributed by atoms with Crippen LogP contribution >= 0.6 is 11.6 Å². The predicted octanol–water partition coefficient (Wildman–Crippen LogP) is 3.77. The van der Waals surface area contributed by atoms with Gasteiger partial charge in [-0.15, -0.1) is 0 Å². The lowest BCUT2D eigenvalue weighted by Gasteiger charge is -2.32. The number of rotatable bonds is 3. The second-order valence-corrected chi connectivity index (χ2v) is 8.20. The SMILES string of the molecule is CC1(C)OB(c2ccc(NC(=O)C3CCCC3)cc2Cl)OC1(C)C. The van der Waals surface area contributed by atoms with Crippen molar-refractivity contribution in [2.75, 3.05) is 5.32 Å². The van der Waals surface area contributed by atoms with E-state index in [9.17, 15) is 4.79 Å². The molecule has 24 heavy (non-hydrogen) atoms. The summed E-state index contributed by atoms with van der Waals surface area (Å²) in [6.45, 7) is 8.04. The van der Waals surface area contributed by atoms with Crippen LogP contribution < -0.4 is 10.8 Å². The fourth-order valence-corrected chi connectivity index (χ4v) is 3.47. The summed E-state index contributed by atoms with van der Waals surface area (Å²) in [7, 11) is -0.498. The van der Waals surface area contributed by atoms with Gasteiger partial charge in [-0.1, -0.05) is 30.5 Å². The zero-order chi connectivity index (χ0) is 17.5. The molecule has 2 fully saturated rings. The van der Waals surface area contributed by atoms with Gasteiger partial charge in [0.2, 0.25) is 5.91 Å². The van der Waals surface area contributed by atoms with Crippen LogP contribution in [-0.4, -0.2) is 24.2 Å². The van der Waals surface area contributed by atoms with Crippen LogP contribution in [-0.2, 0) is 14.1 Å². The summed E-state index contributed by atoms with van der Waals surface area (Å²) in [5.41, 5.74) is 0.693. The van der Waals surface area contributed by atoms with Crippen molar-refractivity contribution in [1.29, 1.82) is 0 Å². The largest absolute Gasteiger partial charge is 0.496 e. The van der Waals surface area contributed by atoms with E-state index in [0.717, 1.165) is 36.8 Å². The highest BCUT2D eigenvalue weighted by atomic mass is 35.5. The lowest BCUT2D eigenvalue weighted by Crippen LogP contribution is -2.41. The molecule has 130 valence electrons. The Kier molecular flexibility index (Phi) is 4.71. The Morgan fingerprint density at radius 3 is 2.29 bits per heavy atom. The lowest BCUT2D eigenvalue weighted by atomic mass is 9.79. The van der Waals surface area contributed by atoms with Crippen molar-refractivity contribution >= 4 is 35.8 Å². The summed E-state index contributed by atoms with van der Waals surface area (Å²) in [4.78, 5) is 12.2. The minimum Gasteiger partial charge on any atom is -0.399 e. The maximum atomic E-state index is 12.2. The van der Waals surface area contributed by atoms with Crippen LogP contribution in [0, 0.1) is 5.92 Å². The Bertz CT molecular complexity index is 625. The first-order valence-corrected chi connectivity index (χ1v) is 9.03. The fraction of sp³-hybridized carbons (Fsp3) is 0.611. The number of nitrogens with one attached hydrogen (secondary N) is 1. The molecule has 0 unspecified atom stereocenters. The Labute approximate surface area is 149 Å². The zero-order valence-corrected chi connectivity index (χ0v) is 15.6. The number of benzene rings is 1. The number of hydrogen-bond acceptors (Lipinski definition) is 3. The topological polar surface area (TPSA) is 47.6 Å². The molecule has 0 radical (unpaired) electrons. The van der Waals surface area contributed by atoms with Crippen molar-refractivity contribution in [3.8, 4) is 0 Å². The van der Waals surface area contributed by atoms with Gasteiger partial charge in [-0.25, -0.2) is 0 Å². The van der Waals surface area contributed by atoms with Gasteiger partial charge in [0.1, 0.15) is 0 Å². The van der Waals surface area contributed by atoms with Crippen LogP contribution in [0.2, 0.25) is 5.02 Å². The monoisotopic (exact) mass is 349 g/mol. The van der Waals surface area contributed by atoms with Crippen LogP contribution in [0.5, 0.6) is 0 Å². The maximum Gasteiger partial charge on any atom is 0.496 e. The third-order valence-electron chi connectivity index (χ3n) is 5.50. The van der Waals surface area contributed by atoms with Crippen LogP contribution in [0.1, 0.15) is 53.4 Å². The Morgan fingerprint density at radius 2 is 1.75 bits per heavy atom. The van der Waals surface area contributed by atoms with Gasteiger partial charge < -0.3 is 14.6 Å². The molecule has 2 aliphatic rings. The van der Waals surface area contributed by atoms with E-state index >= 15 is 0 Å². The number of halogens is 1. The van der Waals surface area contributed by atoms with E-state index in [0.29, 0.717) is 5.02 Å². The third-order valence-corrected chi connectivity index (χ3v) is 5.83. The normalized spacial score (nSPS) is 22.8. The van der Waals surface area contributed by atoms with E-state index in [2.05, 4.69) is 5.32 Å². The smallest absolute Gasteiger partial charge is 0.399 e. The molecular weight excluding hydrogens is 324 g/mol. The fourth-order valence-electron chi connectivity index (χ4n) is 3.20. The first-order chi connectivity index (χ1) is 11.2. The number of carbonyl (C=O) groups is 1. The quantitative estimate of drug-likeness (QED) is 0.845. The Hall–Kier alpha value is -1.04. The van der Waals surface area contributed by atoms with E-state index in [1.807, 2.05) is 39.8 Å². The van der Waals surface area contributed by atoms with Crippen LogP contribution in [0.3, 0.4) is 0 Å². The molecule has 1 amide bonds. The molecule has 1 aromatic carbocycles. The highest BCUT2D eigenvalue weighted by molar-refractivity contribution is 6.65. The number of anilines is 1. The van der Waals surface area contributed by atoms with E-state index in [1.54, 1.807) is 6.07 Å². The van der Waals surface area contributed by atoms with Gasteiger partial charge in [-0.3, -0.25) is 4.79 Å². The summed E-state index contributed by atoms with van der Waals surface area (Å²) in [5, 5.41) is 3.51. The molecule has 0 atom stereocenters. The average molecular weight is 350 g/mol. The van der Waals surface area contributed by atoms with Crippen molar-refractivity contribution in [2.24, 2.45) is 5.92 Å². The first-order valence-electron chi connectivity index (χ1n) is 8.65. The van der Waals surface area contributed by atoms with Crippen molar-refractivity contribution in [1.82, 2.24) is 0 Å². The second-order valence-electron chi connectivity index (χ2n) is 7.80. The molecule has 1 heterocycles. The van der Waals surface area contributed by atoms with Crippen molar-refractivity contribution in [3.63, 3.8) is 0 Å². The van der Waals surface area contributed by atoms with Crippen LogP contribution in [0.4, 0.5) is 5.69 Å². The minimum absolute atomic E-state index is 0.0898. The molecule has 1 N–H and O–H groups in total. The molecule has 0 bridgehead atoms. The maximum absolute atomic E-state index is 12.2. The highest BCUT2D eigenvalue weighted by Gasteiger charge is 2.52. The third kappa shape index (κ3) is 3.35. The highest BCUT2D eigenvalue weighted by Crippen LogP contribution is 2.37. The summed E-state index contributed by atoms with van der Waals surface area (Å²) in [5.74, 6) is 0.221. The van der Waals surface area contributed by atoms with E-state index in [4.69, 9.17) is 20.9 Å². The van der Waals surface area contributed by atoms with Crippen molar-refractivity contribution in [2.45, 2.75) is 64.6 Å². The molecule has 0 spiro atoms. The van der Waals surface area contributed by atoms with Gasteiger partial charge in [0, 0.05) is 22.1 Å². The van der Waals surface area contributed by atoms with Crippen LogP contribution in [0.25, 0.3) is 0 Å². The van der Waals surface area contributed by atoms with Gasteiger partial charge >= 0.3 is 7.12 Å². The Balaban J connectivity index is 1.72. The molecule has 1 aromatic rings. The lowest BCUT2D eigenvalue weighted by molar-refractivity contribution is -0.119. The summed E-state index contributed by atoms with van der Waals surface area (Å²) < 4.78 is 12.1. The molecule has 4 nitrogen and oxygen atoms in total. The first kappa shape index (κ1) is 17.8. The van der Waals surface area contributed by atoms with Gasteiger partial charge in [-0.05, 0) is 52.7 Å².